The van der Waals surface area contributed by atoms with Crippen molar-refractivity contribution in [1.29, 1.82) is 0 Å². The molecule has 0 heterocycles. The maximum absolute atomic E-state index is 11.7. The van der Waals surface area contributed by atoms with Crippen molar-refractivity contribution in [2.75, 3.05) is 13.7 Å². The van der Waals surface area contributed by atoms with Crippen LogP contribution < -0.4 is 15.9 Å². The lowest BCUT2D eigenvalue weighted by molar-refractivity contribution is -0.141. The normalized spacial score (nSPS) is 10.9. The number of esters is 1. The van der Waals surface area contributed by atoms with E-state index in [-0.39, 0.29) is 31.2 Å². The van der Waals surface area contributed by atoms with Gasteiger partial charge in [0.05, 0.1) is 20.1 Å². The number of hydrogen-bond donors (Lipinski definition) is 2. The Morgan fingerprint density at radius 2 is 1.95 bits per heavy atom. The summed E-state index contributed by atoms with van der Waals surface area (Å²) in [5, 5.41) is 3.65. The van der Waals surface area contributed by atoms with E-state index >= 15 is 0 Å². The second-order valence-electron chi connectivity index (χ2n) is 4.14. The van der Waals surface area contributed by atoms with E-state index in [9.17, 15) is 9.59 Å². The van der Waals surface area contributed by atoms with Crippen molar-refractivity contribution in [3.63, 3.8) is 0 Å². The standard InChI is InChI=1S/C14H19N3O4/c1-3-21-14(19)9-12(15)16-17-13(18)8-10-4-6-11(20-2)7-5-10/h4-7H,3,8-9H2,1-2H3,(H2,15,16)(H,17,18). The van der Waals surface area contributed by atoms with Crippen LogP contribution in [0.4, 0.5) is 0 Å². The van der Waals surface area contributed by atoms with Crippen molar-refractivity contribution in [2.24, 2.45) is 10.8 Å². The number of amides is 1. The highest BCUT2D eigenvalue weighted by Crippen LogP contribution is 2.11. The average molecular weight is 293 g/mol. The Morgan fingerprint density at radius 3 is 2.52 bits per heavy atom. The number of nitrogens with one attached hydrogen (secondary N) is 1. The van der Waals surface area contributed by atoms with Gasteiger partial charge >= 0.3 is 5.97 Å². The van der Waals surface area contributed by atoms with Gasteiger partial charge < -0.3 is 15.2 Å². The minimum Gasteiger partial charge on any atom is -0.497 e. The maximum Gasteiger partial charge on any atom is 0.313 e. The molecule has 0 aliphatic rings. The molecule has 0 saturated heterocycles. The lowest BCUT2D eigenvalue weighted by Crippen LogP contribution is -2.26. The molecule has 114 valence electrons. The Bertz CT molecular complexity index is 511. The summed E-state index contributed by atoms with van der Waals surface area (Å²) in [6, 6.07) is 7.09. The molecule has 0 bridgehead atoms. The van der Waals surface area contributed by atoms with Crippen LogP contribution in [-0.2, 0) is 20.7 Å². The van der Waals surface area contributed by atoms with E-state index in [4.69, 9.17) is 15.2 Å². The lowest BCUT2D eigenvalue weighted by atomic mass is 10.1. The number of hydrazone groups is 1. The Kier molecular flexibility index (Phi) is 6.73. The van der Waals surface area contributed by atoms with Gasteiger partial charge in [-0.1, -0.05) is 12.1 Å². The van der Waals surface area contributed by atoms with Crippen LogP contribution in [-0.4, -0.2) is 31.4 Å². The molecule has 7 nitrogen and oxygen atoms in total. The molecule has 0 unspecified atom stereocenters. The van der Waals surface area contributed by atoms with Crippen LogP contribution in [0.1, 0.15) is 18.9 Å². The quantitative estimate of drug-likeness (QED) is 0.331. The van der Waals surface area contributed by atoms with Crippen LogP contribution in [0.15, 0.2) is 29.4 Å². The first kappa shape index (κ1) is 16.5. The molecular formula is C14H19N3O4. The summed E-state index contributed by atoms with van der Waals surface area (Å²) in [5.74, 6) is -0.0949. The van der Waals surface area contributed by atoms with Crippen LogP contribution >= 0.6 is 0 Å². The highest BCUT2D eigenvalue weighted by molar-refractivity contribution is 5.97. The fourth-order valence-corrected chi connectivity index (χ4v) is 1.50. The number of benzene rings is 1. The number of carbonyl (C=O) groups is 2. The molecule has 1 amide bonds. The third kappa shape index (κ3) is 6.42. The zero-order valence-electron chi connectivity index (χ0n) is 12.1. The van der Waals surface area contributed by atoms with Gasteiger partial charge in [-0.3, -0.25) is 9.59 Å². The van der Waals surface area contributed by atoms with Gasteiger partial charge in [-0.15, -0.1) is 0 Å². The monoisotopic (exact) mass is 293 g/mol. The maximum atomic E-state index is 11.7. The smallest absolute Gasteiger partial charge is 0.313 e. The number of carbonyl (C=O) groups excluding carboxylic acids is 2. The van der Waals surface area contributed by atoms with Crippen molar-refractivity contribution in [3.8, 4) is 5.75 Å². The first-order valence-electron chi connectivity index (χ1n) is 6.44. The molecule has 21 heavy (non-hydrogen) atoms. The number of nitrogens with two attached hydrogens (primary N) is 1. The Morgan fingerprint density at radius 1 is 1.29 bits per heavy atom. The number of hydrogen-bond acceptors (Lipinski definition) is 5. The zero-order valence-corrected chi connectivity index (χ0v) is 12.1. The minimum atomic E-state index is -0.483. The molecule has 1 aromatic rings. The lowest BCUT2D eigenvalue weighted by Gasteiger charge is -2.04. The van der Waals surface area contributed by atoms with E-state index in [2.05, 4.69) is 10.5 Å². The summed E-state index contributed by atoms with van der Waals surface area (Å²) < 4.78 is 9.74. The molecule has 0 spiro atoms. The zero-order chi connectivity index (χ0) is 15.7. The summed E-state index contributed by atoms with van der Waals surface area (Å²) in [4.78, 5) is 22.8. The van der Waals surface area contributed by atoms with E-state index in [0.29, 0.717) is 0 Å². The summed E-state index contributed by atoms with van der Waals surface area (Å²) in [6.45, 7) is 1.97. The molecule has 3 N–H and O–H groups in total. The summed E-state index contributed by atoms with van der Waals surface area (Å²) in [6.07, 6.45) is -0.00314. The fourth-order valence-electron chi connectivity index (χ4n) is 1.50. The molecule has 0 aliphatic heterocycles. The molecule has 1 rings (SSSR count). The number of ether oxygens (including phenoxy) is 2. The molecular weight excluding hydrogens is 274 g/mol. The molecule has 0 radical (unpaired) electrons. The van der Waals surface area contributed by atoms with Gasteiger partial charge in [0.2, 0.25) is 5.91 Å². The first-order valence-corrected chi connectivity index (χ1v) is 6.44. The predicted octanol–water partition coefficient (Wildman–Crippen LogP) is 0.579. The Balaban J connectivity index is 2.43. The van der Waals surface area contributed by atoms with Gasteiger partial charge in [0, 0.05) is 0 Å². The highest BCUT2D eigenvalue weighted by Gasteiger charge is 2.06. The second kappa shape index (κ2) is 8.57. The van der Waals surface area contributed by atoms with Crippen LogP contribution in [0.2, 0.25) is 0 Å². The van der Waals surface area contributed by atoms with E-state index in [1.54, 1.807) is 38.3 Å². The topological polar surface area (TPSA) is 103 Å². The van der Waals surface area contributed by atoms with Crippen molar-refractivity contribution < 1.29 is 19.1 Å². The number of rotatable bonds is 7. The van der Waals surface area contributed by atoms with Gasteiger partial charge in [-0.2, -0.15) is 5.10 Å². The van der Waals surface area contributed by atoms with Crippen LogP contribution in [0, 0.1) is 0 Å². The SMILES string of the molecule is CCOC(=O)C/C(N)=N/NC(=O)Cc1ccc(OC)cc1. The van der Waals surface area contributed by atoms with Gasteiger partial charge in [-0.25, -0.2) is 5.43 Å². The summed E-state index contributed by atoms with van der Waals surface area (Å²) >= 11 is 0. The molecule has 7 heteroatoms. The molecule has 0 atom stereocenters. The van der Waals surface area contributed by atoms with Gasteiger partial charge in [0.1, 0.15) is 18.0 Å². The average Bonchev–Trinajstić information content (AvgIpc) is 2.46. The highest BCUT2D eigenvalue weighted by atomic mass is 16.5. The van der Waals surface area contributed by atoms with E-state index in [1.165, 1.54) is 0 Å². The van der Waals surface area contributed by atoms with Crippen LogP contribution in [0.3, 0.4) is 0 Å². The molecule has 0 aromatic heterocycles. The second-order valence-corrected chi connectivity index (χ2v) is 4.14. The predicted molar refractivity (Wildman–Crippen MR) is 77.7 cm³/mol. The van der Waals surface area contributed by atoms with E-state index < -0.39 is 5.97 Å². The van der Waals surface area contributed by atoms with Crippen LogP contribution in [0.5, 0.6) is 5.75 Å². The minimum absolute atomic E-state index is 0.00321. The molecule has 1 aromatic carbocycles. The van der Waals surface area contributed by atoms with Crippen molar-refractivity contribution in [2.45, 2.75) is 19.8 Å². The van der Waals surface area contributed by atoms with Crippen LogP contribution in [0.25, 0.3) is 0 Å². The van der Waals surface area contributed by atoms with E-state index in [0.717, 1.165) is 11.3 Å². The third-order valence-corrected chi connectivity index (χ3v) is 2.48. The molecule has 0 aliphatic carbocycles. The first-order chi connectivity index (χ1) is 10.0. The van der Waals surface area contributed by atoms with Crippen molar-refractivity contribution in [1.82, 2.24) is 5.43 Å². The Labute approximate surface area is 123 Å². The van der Waals surface area contributed by atoms with E-state index in [1.807, 2.05) is 0 Å². The number of methoxy groups -OCH3 is 1. The number of amidine groups is 1. The fraction of sp³-hybridized carbons (Fsp3) is 0.357. The van der Waals surface area contributed by atoms with Crippen molar-refractivity contribution >= 4 is 17.7 Å². The molecule has 0 fully saturated rings. The summed E-state index contributed by atoms with van der Waals surface area (Å²) in [7, 11) is 1.57. The van der Waals surface area contributed by atoms with Gasteiger partial charge in [0.25, 0.3) is 0 Å². The van der Waals surface area contributed by atoms with Crippen molar-refractivity contribution in [3.05, 3.63) is 29.8 Å². The number of nitrogens with zero attached hydrogens (tertiary/aromatic N) is 1. The molecule has 0 saturated carbocycles. The largest absolute Gasteiger partial charge is 0.497 e. The van der Waals surface area contributed by atoms with Gasteiger partial charge in [-0.05, 0) is 24.6 Å². The Hall–Kier alpha value is -2.57. The van der Waals surface area contributed by atoms with Gasteiger partial charge in [0.15, 0.2) is 0 Å². The third-order valence-electron chi connectivity index (χ3n) is 2.48. The summed E-state index contributed by atoms with van der Waals surface area (Å²) in [5.41, 5.74) is 8.61.